The molecule has 0 spiro atoms. The van der Waals surface area contributed by atoms with E-state index in [1.165, 1.54) is 24.0 Å². The second-order valence-electron chi connectivity index (χ2n) is 9.20. The molecule has 9 heteroatoms. The number of Topliss-reactive ketones (excluding diaryl/α,β-unsaturated/α-hetero) is 1. The standard InChI is InChI=1S/C28H30N2O7/c1-34-21-9-8-19(17-22(21)35-2)25-24(26(31)23-16-18-6-3-4-7-20(18)37-23)27(32)28(33)30(25)11-5-10-29-12-14-36-15-13-29/h3-4,6-9,16-17,25,32H,5,10-15H2,1-2H3. The van der Waals surface area contributed by atoms with Crippen LogP contribution in [-0.2, 0) is 9.53 Å². The van der Waals surface area contributed by atoms with E-state index in [0.29, 0.717) is 48.8 Å². The molecule has 2 aromatic carbocycles. The molecule has 0 bridgehead atoms. The van der Waals surface area contributed by atoms with E-state index in [0.717, 1.165) is 25.0 Å². The molecule has 1 unspecified atom stereocenters. The Hall–Kier alpha value is -3.82. The number of carbonyl (C=O) groups is 2. The van der Waals surface area contributed by atoms with Crippen LogP contribution in [0.1, 0.15) is 28.6 Å². The fourth-order valence-electron chi connectivity index (χ4n) is 5.11. The number of nitrogens with one attached hydrogen (secondary N) is 1. The van der Waals surface area contributed by atoms with Gasteiger partial charge in [0.05, 0.1) is 40.0 Å². The highest BCUT2D eigenvalue weighted by molar-refractivity contribution is 6.15. The van der Waals surface area contributed by atoms with Crippen LogP contribution in [0, 0.1) is 0 Å². The van der Waals surface area contributed by atoms with Crippen LogP contribution in [0.4, 0.5) is 0 Å². The maximum atomic E-state index is 13.7. The second kappa shape index (κ2) is 10.7. The minimum absolute atomic E-state index is 0.0300. The summed E-state index contributed by atoms with van der Waals surface area (Å²) in [6.45, 7) is 4.43. The molecule has 1 saturated heterocycles. The maximum absolute atomic E-state index is 13.7. The molecule has 1 amide bonds. The number of morpholine rings is 1. The van der Waals surface area contributed by atoms with Gasteiger partial charge in [-0.05, 0) is 35.6 Å². The highest BCUT2D eigenvalue weighted by Gasteiger charge is 2.40. The Kier molecular flexibility index (Phi) is 7.16. The lowest BCUT2D eigenvalue weighted by Crippen LogP contribution is -3.14. The molecule has 194 valence electrons. The van der Waals surface area contributed by atoms with Crippen molar-refractivity contribution in [3.05, 3.63) is 71.2 Å². The SMILES string of the molecule is COc1ccc(C2C(C(=O)c3cc4ccccc4o3)=C([O-])C(=O)N2CCC[NH+]2CCOCC2)cc1OC. The summed E-state index contributed by atoms with van der Waals surface area (Å²) in [6, 6.07) is 13.2. The molecular weight excluding hydrogens is 476 g/mol. The zero-order valence-electron chi connectivity index (χ0n) is 21.0. The zero-order valence-corrected chi connectivity index (χ0v) is 21.0. The predicted molar refractivity (Wildman–Crippen MR) is 133 cm³/mol. The van der Waals surface area contributed by atoms with Crippen LogP contribution in [0.3, 0.4) is 0 Å². The maximum Gasteiger partial charge on any atom is 0.239 e. The highest BCUT2D eigenvalue weighted by atomic mass is 16.5. The predicted octanol–water partition coefficient (Wildman–Crippen LogP) is 1.14. The van der Waals surface area contributed by atoms with Gasteiger partial charge < -0.3 is 33.5 Å². The van der Waals surface area contributed by atoms with E-state index in [9.17, 15) is 14.7 Å². The number of hydrogen-bond donors (Lipinski definition) is 1. The number of para-hydroxylation sites is 1. The first-order valence-corrected chi connectivity index (χ1v) is 12.4. The Morgan fingerprint density at radius 2 is 1.84 bits per heavy atom. The number of ether oxygens (including phenoxy) is 3. The molecule has 1 fully saturated rings. The van der Waals surface area contributed by atoms with Crippen molar-refractivity contribution in [3.63, 3.8) is 0 Å². The third-order valence-corrected chi connectivity index (χ3v) is 7.03. The molecular formula is C28H30N2O7. The van der Waals surface area contributed by atoms with E-state index in [1.54, 1.807) is 30.3 Å². The molecule has 1 N–H and O–H groups in total. The molecule has 3 aromatic rings. The van der Waals surface area contributed by atoms with Gasteiger partial charge in [0.15, 0.2) is 17.3 Å². The Morgan fingerprint density at radius 3 is 2.57 bits per heavy atom. The average molecular weight is 507 g/mol. The summed E-state index contributed by atoms with van der Waals surface area (Å²) >= 11 is 0. The fourth-order valence-corrected chi connectivity index (χ4v) is 5.11. The van der Waals surface area contributed by atoms with Crippen LogP contribution in [0.5, 0.6) is 11.5 Å². The van der Waals surface area contributed by atoms with E-state index >= 15 is 0 Å². The number of amides is 1. The van der Waals surface area contributed by atoms with Crippen LogP contribution >= 0.6 is 0 Å². The van der Waals surface area contributed by atoms with Crippen LogP contribution in [0.15, 0.2) is 64.3 Å². The van der Waals surface area contributed by atoms with E-state index in [4.69, 9.17) is 18.6 Å². The van der Waals surface area contributed by atoms with Gasteiger partial charge in [-0.3, -0.25) is 9.59 Å². The minimum Gasteiger partial charge on any atom is -0.868 e. The number of nitrogens with zero attached hydrogens (tertiary/aromatic N) is 1. The number of benzene rings is 2. The highest BCUT2D eigenvalue weighted by Crippen LogP contribution is 2.41. The topological polar surface area (TPSA) is 106 Å². The number of hydrogen-bond acceptors (Lipinski definition) is 7. The van der Waals surface area contributed by atoms with Crippen molar-refractivity contribution < 1.29 is 38.2 Å². The van der Waals surface area contributed by atoms with Crippen molar-refractivity contribution in [3.8, 4) is 11.5 Å². The number of quaternary nitrogens is 1. The van der Waals surface area contributed by atoms with Crippen LogP contribution in [-0.4, -0.2) is 70.2 Å². The molecule has 0 radical (unpaired) electrons. The monoisotopic (exact) mass is 506 g/mol. The molecule has 5 rings (SSSR count). The summed E-state index contributed by atoms with van der Waals surface area (Å²) in [5.74, 6) is -1.09. The van der Waals surface area contributed by atoms with E-state index in [-0.39, 0.29) is 11.3 Å². The van der Waals surface area contributed by atoms with Crippen molar-refractivity contribution >= 4 is 22.7 Å². The summed E-state index contributed by atoms with van der Waals surface area (Å²) in [4.78, 5) is 29.9. The summed E-state index contributed by atoms with van der Waals surface area (Å²) in [7, 11) is 3.04. The lowest BCUT2D eigenvalue weighted by atomic mass is 9.94. The number of fused-ring (bicyclic) bond motifs is 1. The first-order valence-electron chi connectivity index (χ1n) is 12.4. The quantitative estimate of drug-likeness (QED) is 0.434. The molecule has 1 aromatic heterocycles. The Morgan fingerprint density at radius 1 is 1.08 bits per heavy atom. The molecule has 37 heavy (non-hydrogen) atoms. The molecule has 0 saturated carbocycles. The molecule has 2 aliphatic heterocycles. The van der Waals surface area contributed by atoms with Gasteiger partial charge in [0, 0.05) is 23.9 Å². The van der Waals surface area contributed by atoms with Crippen molar-refractivity contribution in [2.45, 2.75) is 12.5 Å². The first kappa shape index (κ1) is 24.9. The van der Waals surface area contributed by atoms with Crippen molar-refractivity contribution in [2.24, 2.45) is 0 Å². The number of ketones is 1. The van der Waals surface area contributed by atoms with Gasteiger partial charge in [0.1, 0.15) is 18.7 Å². The van der Waals surface area contributed by atoms with Gasteiger partial charge in [0.25, 0.3) is 0 Å². The van der Waals surface area contributed by atoms with Crippen molar-refractivity contribution in [2.75, 3.05) is 53.6 Å². The number of furan rings is 1. The van der Waals surface area contributed by atoms with Crippen LogP contribution in [0.25, 0.3) is 11.0 Å². The third-order valence-electron chi connectivity index (χ3n) is 7.03. The van der Waals surface area contributed by atoms with Gasteiger partial charge in [0.2, 0.25) is 11.7 Å². The molecule has 1 atom stereocenters. The molecule has 9 nitrogen and oxygen atoms in total. The normalized spacial score (nSPS) is 18.6. The average Bonchev–Trinajstić information content (AvgIpc) is 3.48. The lowest BCUT2D eigenvalue weighted by molar-refractivity contribution is -0.908. The number of rotatable bonds is 9. The van der Waals surface area contributed by atoms with Gasteiger partial charge in [-0.25, -0.2) is 0 Å². The van der Waals surface area contributed by atoms with Gasteiger partial charge >= 0.3 is 0 Å². The van der Waals surface area contributed by atoms with E-state index in [1.807, 2.05) is 18.2 Å². The summed E-state index contributed by atoms with van der Waals surface area (Å²) < 4.78 is 22.0. The molecule has 3 heterocycles. The largest absolute Gasteiger partial charge is 0.868 e. The Bertz CT molecular complexity index is 1310. The number of methoxy groups -OCH3 is 2. The van der Waals surface area contributed by atoms with Gasteiger partial charge in [-0.1, -0.05) is 24.3 Å². The number of carbonyl (C=O) groups excluding carboxylic acids is 2. The van der Waals surface area contributed by atoms with Gasteiger partial charge in [-0.15, -0.1) is 0 Å². The lowest BCUT2D eigenvalue weighted by Gasteiger charge is -2.29. The van der Waals surface area contributed by atoms with Gasteiger partial charge in [-0.2, -0.15) is 0 Å². The molecule has 0 aliphatic carbocycles. The first-order chi connectivity index (χ1) is 18.0. The van der Waals surface area contributed by atoms with Crippen LogP contribution in [0.2, 0.25) is 0 Å². The smallest absolute Gasteiger partial charge is 0.239 e. The van der Waals surface area contributed by atoms with E-state index in [2.05, 4.69) is 0 Å². The Balaban J connectivity index is 1.49. The second-order valence-corrected chi connectivity index (χ2v) is 9.20. The summed E-state index contributed by atoms with van der Waals surface area (Å²) in [6.07, 6.45) is 0.685. The zero-order chi connectivity index (χ0) is 25.9. The van der Waals surface area contributed by atoms with Crippen molar-refractivity contribution in [1.82, 2.24) is 4.90 Å². The Labute approximate surface area is 214 Å². The van der Waals surface area contributed by atoms with E-state index < -0.39 is 23.5 Å². The van der Waals surface area contributed by atoms with Crippen molar-refractivity contribution in [1.29, 1.82) is 0 Å². The minimum atomic E-state index is -0.861. The van der Waals surface area contributed by atoms with Crippen LogP contribution < -0.4 is 19.5 Å². The molecule has 2 aliphatic rings. The third kappa shape index (κ3) is 4.80. The fraction of sp³-hybridized carbons (Fsp3) is 0.357. The summed E-state index contributed by atoms with van der Waals surface area (Å²) in [5.41, 5.74) is 1.02. The summed E-state index contributed by atoms with van der Waals surface area (Å²) in [5, 5.41) is 14.0.